The third-order valence-electron chi connectivity index (χ3n) is 4.00. The Morgan fingerprint density at radius 2 is 1.90 bits per heavy atom. The summed E-state index contributed by atoms with van der Waals surface area (Å²) in [5, 5.41) is 3.36. The third-order valence-corrected chi connectivity index (χ3v) is 4.50. The van der Waals surface area contributed by atoms with Crippen LogP contribution in [0.3, 0.4) is 0 Å². The summed E-state index contributed by atoms with van der Waals surface area (Å²) >= 11 is 3.46. The lowest BCUT2D eigenvalue weighted by Gasteiger charge is -2.38. The number of nitrogens with one attached hydrogen (secondary N) is 1. The molecule has 1 fully saturated rings. The molecule has 1 N–H and O–H groups in total. The Labute approximate surface area is 147 Å². The van der Waals surface area contributed by atoms with Crippen LogP contribution in [-0.2, 0) is 0 Å². The lowest BCUT2D eigenvalue weighted by atomic mass is 9.90. The SMILES string of the molecule is CCC(C)[C@H](c1cc(Br)ccc1F)N1CCNCC1.Cl.Cl. The second-order valence-corrected chi connectivity index (χ2v) is 6.20. The third kappa shape index (κ3) is 5.36. The van der Waals surface area contributed by atoms with E-state index >= 15 is 0 Å². The van der Waals surface area contributed by atoms with Crippen LogP contribution < -0.4 is 5.32 Å². The number of halogens is 4. The highest BCUT2D eigenvalue weighted by atomic mass is 79.9. The summed E-state index contributed by atoms with van der Waals surface area (Å²) in [6.45, 7) is 8.34. The molecule has 1 aliphatic rings. The first-order chi connectivity index (χ1) is 9.13. The zero-order chi connectivity index (χ0) is 13.8. The first kappa shape index (κ1) is 21.1. The second kappa shape index (κ2) is 10.0. The summed E-state index contributed by atoms with van der Waals surface area (Å²) in [7, 11) is 0. The lowest BCUT2D eigenvalue weighted by molar-refractivity contribution is 0.125. The van der Waals surface area contributed by atoms with Crippen LogP contribution in [0.15, 0.2) is 22.7 Å². The van der Waals surface area contributed by atoms with Crippen LogP contribution in [0.25, 0.3) is 0 Å². The summed E-state index contributed by atoms with van der Waals surface area (Å²) in [6.07, 6.45) is 1.06. The van der Waals surface area contributed by atoms with Crippen molar-refractivity contribution in [1.82, 2.24) is 10.2 Å². The van der Waals surface area contributed by atoms with E-state index in [9.17, 15) is 4.39 Å². The van der Waals surface area contributed by atoms with Gasteiger partial charge in [-0.2, -0.15) is 0 Å². The van der Waals surface area contributed by atoms with E-state index in [1.165, 1.54) is 0 Å². The molecule has 122 valence electrons. The molecule has 1 heterocycles. The van der Waals surface area contributed by atoms with Gasteiger partial charge < -0.3 is 5.32 Å². The van der Waals surface area contributed by atoms with Crippen LogP contribution >= 0.6 is 40.7 Å². The first-order valence-corrected chi connectivity index (χ1v) is 7.82. The van der Waals surface area contributed by atoms with Crippen molar-refractivity contribution in [2.75, 3.05) is 26.2 Å². The van der Waals surface area contributed by atoms with Crippen LogP contribution in [0.4, 0.5) is 4.39 Å². The van der Waals surface area contributed by atoms with Crippen LogP contribution in [0.2, 0.25) is 0 Å². The monoisotopic (exact) mass is 400 g/mol. The van der Waals surface area contributed by atoms with Gasteiger partial charge in [0.05, 0.1) is 0 Å². The highest BCUT2D eigenvalue weighted by Gasteiger charge is 2.28. The van der Waals surface area contributed by atoms with Crippen molar-refractivity contribution in [1.29, 1.82) is 0 Å². The topological polar surface area (TPSA) is 15.3 Å². The Kier molecular flexibility index (Phi) is 10.1. The normalized spacial score (nSPS) is 18.3. The number of benzene rings is 1. The Balaban J connectivity index is 0.00000200. The van der Waals surface area contributed by atoms with Gasteiger partial charge in [-0.05, 0) is 24.1 Å². The first-order valence-electron chi connectivity index (χ1n) is 7.03. The van der Waals surface area contributed by atoms with Crippen molar-refractivity contribution >= 4 is 40.7 Å². The minimum absolute atomic E-state index is 0. The van der Waals surface area contributed by atoms with Crippen LogP contribution in [0.5, 0.6) is 0 Å². The van der Waals surface area contributed by atoms with E-state index in [4.69, 9.17) is 0 Å². The summed E-state index contributed by atoms with van der Waals surface area (Å²) in [5.41, 5.74) is 0.825. The van der Waals surface area contributed by atoms with Gasteiger partial charge in [0.2, 0.25) is 0 Å². The van der Waals surface area contributed by atoms with E-state index in [0.29, 0.717) is 5.92 Å². The zero-order valence-corrected chi connectivity index (χ0v) is 15.7. The molecule has 1 saturated heterocycles. The van der Waals surface area contributed by atoms with E-state index in [2.05, 4.69) is 40.0 Å². The molecule has 2 rings (SSSR count). The molecule has 6 heteroatoms. The smallest absolute Gasteiger partial charge is 0.128 e. The number of piperazine rings is 1. The molecule has 0 radical (unpaired) electrons. The molecular formula is C15H24BrCl2FN2. The zero-order valence-electron chi connectivity index (χ0n) is 12.4. The van der Waals surface area contributed by atoms with Crippen LogP contribution in [0.1, 0.15) is 31.9 Å². The van der Waals surface area contributed by atoms with Crippen LogP contribution in [-0.4, -0.2) is 31.1 Å². The molecule has 0 bridgehead atoms. The average molecular weight is 402 g/mol. The number of hydrogen-bond acceptors (Lipinski definition) is 2. The molecule has 2 atom stereocenters. The van der Waals surface area contributed by atoms with Crippen molar-refractivity contribution in [2.24, 2.45) is 5.92 Å². The minimum atomic E-state index is -0.0907. The van der Waals surface area contributed by atoms with Crippen LogP contribution in [0, 0.1) is 11.7 Å². The maximum Gasteiger partial charge on any atom is 0.128 e. The molecule has 1 aliphatic heterocycles. The van der Waals surface area contributed by atoms with Crippen molar-refractivity contribution in [3.05, 3.63) is 34.1 Å². The van der Waals surface area contributed by atoms with Gasteiger partial charge in [0.15, 0.2) is 0 Å². The van der Waals surface area contributed by atoms with Crippen molar-refractivity contribution in [2.45, 2.75) is 26.3 Å². The Morgan fingerprint density at radius 1 is 1.29 bits per heavy atom. The maximum absolute atomic E-state index is 14.2. The maximum atomic E-state index is 14.2. The second-order valence-electron chi connectivity index (χ2n) is 5.28. The Bertz CT molecular complexity index is 428. The predicted molar refractivity (Wildman–Crippen MR) is 95.2 cm³/mol. The van der Waals surface area contributed by atoms with Gasteiger partial charge in [-0.25, -0.2) is 4.39 Å². The summed E-state index contributed by atoms with van der Waals surface area (Å²) < 4.78 is 15.2. The van der Waals surface area contributed by atoms with Gasteiger partial charge in [0.25, 0.3) is 0 Å². The molecular weight excluding hydrogens is 378 g/mol. The molecule has 1 aromatic rings. The van der Waals surface area contributed by atoms with Gasteiger partial charge in [0.1, 0.15) is 5.82 Å². The summed E-state index contributed by atoms with van der Waals surface area (Å²) in [4.78, 5) is 2.41. The number of hydrogen-bond donors (Lipinski definition) is 1. The standard InChI is InChI=1S/C15H22BrFN2.2ClH/c1-3-11(2)15(19-8-6-18-7-9-19)13-10-12(16)4-5-14(13)17;;/h4-5,10-11,15,18H,3,6-9H2,1-2H3;2*1H/t11?,15-;;/m1../s1. The quantitative estimate of drug-likeness (QED) is 0.802. The van der Waals surface area contributed by atoms with Gasteiger partial charge in [-0.3, -0.25) is 4.90 Å². The van der Waals surface area contributed by atoms with Gasteiger partial charge in [0, 0.05) is 42.3 Å². The fourth-order valence-electron chi connectivity index (χ4n) is 2.79. The van der Waals surface area contributed by atoms with Gasteiger partial charge in [-0.15, -0.1) is 24.8 Å². The van der Waals surface area contributed by atoms with Crippen molar-refractivity contribution < 1.29 is 4.39 Å². The van der Waals surface area contributed by atoms with E-state index < -0.39 is 0 Å². The molecule has 21 heavy (non-hydrogen) atoms. The fraction of sp³-hybridized carbons (Fsp3) is 0.600. The van der Waals surface area contributed by atoms with E-state index in [0.717, 1.165) is 42.6 Å². The molecule has 1 aromatic carbocycles. The highest BCUT2D eigenvalue weighted by Crippen LogP contribution is 2.34. The van der Waals surface area contributed by atoms with E-state index in [1.54, 1.807) is 12.1 Å². The molecule has 0 spiro atoms. The molecule has 0 amide bonds. The Hall–Kier alpha value is 0.130. The molecule has 0 saturated carbocycles. The summed E-state index contributed by atoms with van der Waals surface area (Å²) in [6, 6.07) is 5.44. The Morgan fingerprint density at radius 3 is 2.48 bits per heavy atom. The largest absolute Gasteiger partial charge is 0.314 e. The number of nitrogens with zero attached hydrogens (tertiary/aromatic N) is 1. The molecule has 2 nitrogen and oxygen atoms in total. The molecule has 0 aromatic heterocycles. The molecule has 0 aliphatic carbocycles. The fourth-order valence-corrected chi connectivity index (χ4v) is 3.17. The molecule has 1 unspecified atom stereocenters. The van der Waals surface area contributed by atoms with Gasteiger partial charge >= 0.3 is 0 Å². The number of rotatable bonds is 4. The van der Waals surface area contributed by atoms with Crippen molar-refractivity contribution in [3.63, 3.8) is 0 Å². The lowest BCUT2D eigenvalue weighted by Crippen LogP contribution is -2.46. The highest BCUT2D eigenvalue weighted by molar-refractivity contribution is 9.10. The minimum Gasteiger partial charge on any atom is -0.314 e. The van der Waals surface area contributed by atoms with Gasteiger partial charge in [-0.1, -0.05) is 36.2 Å². The average Bonchev–Trinajstić information content (AvgIpc) is 2.44. The van der Waals surface area contributed by atoms with Crippen molar-refractivity contribution in [3.8, 4) is 0 Å². The van der Waals surface area contributed by atoms with E-state index in [-0.39, 0.29) is 36.7 Å². The summed E-state index contributed by atoms with van der Waals surface area (Å²) in [5.74, 6) is 0.355. The van der Waals surface area contributed by atoms with E-state index in [1.807, 2.05) is 6.07 Å². The predicted octanol–water partition coefficient (Wildman–Crippen LogP) is 4.42.